The highest BCUT2D eigenvalue weighted by atomic mass is 19.4. The van der Waals surface area contributed by atoms with E-state index in [1.54, 1.807) is 6.08 Å². The van der Waals surface area contributed by atoms with E-state index in [0.717, 1.165) is 5.69 Å². The Hall–Kier alpha value is -2.44. The molecule has 0 fully saturated rings. The molecule has 0 amide bonds. The minimum absolute atomic E-state index is 0.265. The second-order valence-electron chi connectivity index (χ2n) is 4.34. The van der Waals surface area contributed by atoms with Crippen molar-refractivity contribution in [2.24, 2.45) is 0 Å². The van der Waals surface area contributed by atoms with Crippen molar-refractivity contribution in [2.45, 2.75) is 19.8 Å². The lowest BCUT2D eigenvalue weighted by Crippen LogP contribution is -2.17. The number of halogens is 3. The van der Waals surface area contributed by atoms with Gasteiger partial charge in [-0.2, -0.15) is 0 Å². The van der Waals surface area contributed by atoms with Crippen molar-refractivity contribution in [3.05, 3.63) is 48.8 Å². The van der Waals surface area contributed by atoms with E-state index in [4.69, 9.17) is 0 Å². The van der Waals surface area contributed by atoms with E-state index in [1.807, 2.05) is 17.7 Å². The Balaban J connectivity index is 2.11. The Morgan fingerprint density at radius 1 is 1.33 bits per heavy atom. The Bertz CT molecular complexity index is 617. The molecule has 2 rings (SSSR count). The van der Waals surface area contributed by atoms with E-state index in [-0.39, 0.29) is 5.75 Å². The van der Waals surface area contributed by atoms with Gasteiger partial charge in [0.2, 0.25) is 5.95 Å². The normalized spacial score (nSPS) is 11.2. The summed E-state index contributed by atoms with van der Waals surface area (Å²) in [5, 5.41) is 3.04. The molecule has 0 spiro atoms. The number of rotatable bonds is 5. The molecule has 0 aliphatic heterocycles. The van der Waals surface area contributed by atoms with Crippen molar-refractivity contribution in [1.82, 2.24) is 9.55 Å². The van der Waals surface area contributed by atoms with E-state index in [0.29, 0.717) is 18.2 Å². The minimum Gasteiger partial charge on any atom is -0.406 e. The number of nitrogens with one attached hydrogen (secondary N) is 1. The van der Waals surface area contributed by atoms with Gasteiger partial charge in [-0.3, -0.25) is 0 Å². The summed E-state index contributed by atoms with van der Waals surface area (Å²) in [6.07, 6.45) is -1.11. The second kappa shape index (κ2) is 5.90. The lowest BCUT2D eigenvalue weighted by molar-refractivity contribution is -0.274. The van der Waals surface area contributed by atoms with Crippen LogP contribution in [0.5, 0.6) is 5.75 Å². The summed E-state index contributed by atoms with van der Waals surface area (Å²) in [4.78, 5) is 4.30. The molecule has 1 aromatic heterocycles. The third-order valence-electron chi connectivity index (χ3n) is 2.57. The monoisotopic (exact) mass is 297 g/mol. The maximum Gasteiger partial charge on any atom is 0.573 e. The van der Waals surface area contributed by atoms with Crippen molar-refractivity contribution in [3.63, 3.8) is 0 Å². The van der Waals surface area contributed by atoms with E-state index in [2.05, 4.69) is 21.6 Å². The number of allylic oxidation sites excluding steroid dienone is 1. The molecule has 112 valence electrons. The van der Waals surface area contributed by atoms with Crippen LogP contribution in [-0.4, -0.2) is 15.9 Å². The zero-order valence-electron chi connectivity index (χ0n) is 11.3. The number of hydrogen-bond donors (Lipinski definition) is 1. The highest BCUT2D eigenvalue weighted by Crippen LogP contribution is 2.25. The van der Waals surface area contributed by atoms with E-state index in [9.17, 15) is 13.2 Å². The van der Waals surface area contributed by atoms with Gasteiger partial charge < -0.3 is 14.6 Å². The third-order valence-corrected chi connectivity index (χ3v) is 2.57. The van der Waals surface area contributed by atoms with Crippen molar-refractivity contribution < 1.29 is 17.9 Å². The highest BCUT2D eigenvalue weighted by molar-refractivity contribution is 5.55. The van der Waals surface area contributed by atoms with Crippen LogP contribution in [0.2, 0.25) is 0 Å². The summed E-state index contributed by atoms with van der Waals surface area (Å²) in [5.41, 5.74) is 1.44. The molecule has 0 saturated heterocycles. The van der Waals surface area contributed by atoms with Crippen LogP contribution in [0.1, 0.15) is 5.69 Å². The number of imidazole rings is 1. The van der Waals surface area contributed by atoms with Gasteiger partial charge in [-0.25, -0.2) is 4.98 Å². The van der Waals surface area contributed by atoms with Crippen molar-refractivity contribution in [3.8, 4) is 5.75 Å². The second-order valence-corrected chi connectivity index (χ2v) is 4.34. The number of aromatic nitrogens is 2. The summed E-state index contributed by atoms with van der Waals surface area (Å²) in [5.74, 6) is 0.329. The first-order chi connectivity index (χ1) is 9.87. The standard InChI is InChI=1S/C14H14F3N3O/c1-3-8-20-9-10(2)18-13(20)19-11-4-6-12(7-5-11)21-14(15,16)17/h3-7,9H,1,8H2,2H3,(H,18,19). The minimum atomic E-state index is -4.69. The van der Waals surface area contributed by atoms with Gasteiger partial charge in [0.25, 0.3) is 0 Å². The smallest absolute Gasteiger partial charge is 0.406 e. The van der Waals surface area contributed by atoms with Crippen LogP contribution in [0.15, 0.2) is 43.1 Å². The fraction of sp³-hybridized carbons (Fsp3) is 0.214. The molecular formula is C14H14F3N3O. The molecule has 0 aliphatic carbocycles. The molecule has 0 unspecified atom stereocenters. The Labute approximate surface area is 119 Å². The number of hydrogen-bond acceptors (Lipinski definition) is 3. The topological polar surface area (TPSA) is 39.1 Å². The van der Waals surface area contributed by atoms with Crippen molar-refractivity contribution in [1.29, 1.82) is 0 Å². The summed E-state index contributed by atoms with van der Waals surface area (Å²) in [7, 11) is 0. The number of alkyl halides is 3. The number of anilines is 2. The van der Waals surface area contributed by atoms with Crippen molar-refractivity contribution in [2.75, 3.05) is 5.32 Å². The first kappa shape index (κ1) is 15.0. The maximum atomic E-state index is 12.1. The molecule has 21 heavy (non-hydrogen) atoms. The van der Waals surface area contributed by atoms with E-state index < -0.39 is 6.36 Å². The number of aryl methyl sites for hydroxylation is 1. The van der Waals surface area contributed by atoms with Crippen LogP contribution >= 0.6 is 0 Å². The Morgan fingerprint density at radius 3 is 2.57 bits per heavy atom. The molecule has 0 radical (unpaired) electrons. The molecule has 1 aromatic carbocycles. The molecule has 1 heterocycles. The lowest BCUT2D eigenvalue weighted by Gasteiger charge is -2.10. The Morgan fingerprint density at radius 2 is 2.00 bits per heavy atom. The molecule has 4 nitrogen and oxygen atoms in total. The third kappa shape index (κ3) is 4.27. The molecular weight excluding hydrogens is 283 g/mol. The average molecular weight is 297 g/mol. The molecule has 2 aromatic rings. The van der Waals surface area contributed by atoms with Gasteiger partial charge in [-0.05, 0) is 31.2 Å². The summed E-state index contributed by atoms with van der Waals surface area (Å²) in [6, 6.07) is 5.46. The van der Waals surface area contributed by atoms with Crippen LogP contribution in [0.3, 0.4) is 0 Å². The predicted octanol–water partition coefficient (Wildman–Crippen LogP) is 4.02. The average Bonchev–Trinajstić information content (AvgIpc) is 2.71. The summed E-state index contributed by atoms with van der Waals surface area (Å²) >= 11 is 0. The first-order valence-electron chi connectivity index (χ1n) is 6.15. The van der Waals surface area contributed by atoms with Gasteiger partial charge in [-0.1, -0.05) is 6.08 Å². The van der Waals surface area contributed by atoms with Crippen LogP contribution in [-0.2, 0) is 6.54 Å². The van der Waals surface area contributed by atoms with Crippen LogP contribution < -0.4 is 10.1 Å². The van der Waals surface area contributed by atoms with Gasteiger partial charge in [0, 0.05) is 18.4 Å². The molecule has 1 N–H and O–H groups in total. The molecule has 0 saturated carbocycles. The van der Waals surface area contributed by atoms with Crippen LogP contribution in [0.25, 0.3) is 0 Å². The van der Waals surface area contributed by atoms with Gasteiger partial charge >= 0.3 is 6.36 Å². The first-order valence-corrected chi connectivity index (χ1v) is 6.15. The maximum absolute atomic E-state index is 12.1. The fourth-order valence-electron chi connectivity index (χ4n) is 1.79. The number of nitrogens with zero attached hydrogens (tertiary/aromatic N) is 2. The quantitative estimate of drug-likeness (QED) is 0.847. The van der Waals surface area contributed by atoms with Crippen LogP contribution in [0, 0.1) is 6.92 Å². The zero-order valence-corrected chi connectivity index (χ0v) is 11.3. The number of ether oxygens (including phenoxy) is 1. The lowest BCUT2D eigenvalue weighted by atomic mass is 10.3. The largest absolute Gasteiger partial charge is 0.573 e. The van der Waals surface area contributed by atoms with Crippen molar-refractivity contribution >= 4 is 11.6 Å². The van der Waals surface area contributed by atoms with Gasteiger partial charge in [0.1, 0.15) is 5.75 Å². The van der Waals surface area contributed by atoms with Gasteiger partial charge in [0.15, 0.2) is 0 Å². The molecule has 0 atom stereocenters. The molecule has 7 heteroatoms. The van der Waals surface area contributed by atoms with Gasteiger partial charge in [0.05, 0.1) is 5.69 Å². The van der Waals surface area contributed by atoms with Gasteiger partial charge in [-0.15, -0.1) is 19.8 Å². The van der Waals surface area contributed by atoms with E-state index in [1.165, 1.54) is 24.3 Å². The molecule has 0 aliphatic rings. The van der Waals surface area contributed by atoms with Crippen LogP contribution in [0.4, 0.5) is 24.8 Å². The SMILES string of the molecule is C=CCn1cc(C)nc1Nc1ccc(OC(F)(F)F)cc1. The summed E-state index contributed by atoms with van der Waals surface area (Å²) in [6.45, 7) is 6.09. The number of benzene rings is 1. The fourth-order valence-corrected chi connectivity index (χ4v) is 1.79. The Kier molecular flexibility index (Phi) is 4.21. The zero-order chi connectivity index (χ0) is 15.5. The summed E-state index contributed by atoms with van der Waals surface area (Å²) < 4.78 is 41.9. The molecule has 0 bridgehead atoms. The predicted molar refractivity (Wildman–Crippen MR) is 73.6 cm³/mol. The highest BCUT2D eigenvalue weighted by Gasteiger charge is 2.30. The van der Waals surface area contributed by atoms with E-state index >= 15 is 0 Å².